The highest BCUT2D eigenvalue weighted by atomic mass is 16.5. The van der Waals surface area contributed by atoms with E-state index in [0.717, 1.165) is 31.0 Å². The first-order valence-corrected chi connectivity index (χ1v) is 9.53. The highest BCUT2D eigenvalue weighted by Gasteiger charge is 2.35. The Morgan fingerprint density at radius 1 is 1.14 bits per heavy atom. The van der Waals surface area contributed by atoms with Gasteiger partial charge in [0.15, 0.2) is 5.69 Å². The van der Waals surface area contributed by atoms with Crippen LogP contribution in [0.4, 0.5) is 0 Å². The average Bonchev–Trinajstić information content (AvgIpc) is 3.46. The van der Waals surface area contributed by atoms with E-state index in [0.29, 0.717) is 35.1 Å². The third-order valence-corrected chi connectivity index (χ3v) is 5.46. The molecule has 3 aromatic rings. The normalized spacial score (nSPS) is 22.4. The fourth-order valence-corrected chi connectivity index (χ4v) is 3.89. The van der Waals surface area contributed by atoms with E-state index in [1.807, 2.05) is 31.2 Å². The molecule has 0 saturated carbocycles. The number of aryl methyl sites for hydroxylation is 1. The van der Waals surface area contributed by atoms with Crippen LogP contribution in [0, 0.1) is 6.92 Å². The number of rotatable bonds is 4. The lowest BCUT2D eigenvalue weighted by molar-refractivity contribution is -0.0548. The van der Waals surface area contributed by atoms with Gasteiger partial charge >= 0.3 is 0 Å². The first-order chi connectivity index (χ1) is 13.7. The van der Waals surface area contributed by atoms with Gasteiger partial charge in [0, 0.05) is 18.2 Å². The van der Waals surface area contributed by atoms with Crippen LogP contribution in [0.25, 0.3) is 23.0 Å². The summed E-state index contributed by atoms with van der Waals surface area (Å²) in [4.78, 5) is 11.6. The van der Waals surface area contributed by atoms with Crippen LogP contribution in [0.2, 0.25) is 0 Å². The maximum Gasteiger partial charge on any atom is 0.280 e. The number of nitrogens with zero attached hydrogens (tertiary/aromatic N) is 4. The van der Waals surface area contributed by atoms with Gasteiger partial charge in [-0.3, -0.25) is 4.90 Å². The quantitative estimate of drug-likeness (QED) is 0.680. The van der Waals surface area contributed by atoms with E-state index in [9.17, 15) is 0 Å². The van der Waals surface area contributed by atoms with Crippen molar-refractivity contribution in [2.24, 2.45) is 0 Å². The molecule has 4 heterocycles. The number of ether oxygens (including phenoxy) is 2. The second-order valence-corrected chi connectivity index (χ2v) is 7.22. The second-order valence-electron chi connectivity index (χ2n) is 7.22. The Morgan fingerprint density at radius 2 is 2.00 bits per heavy atom. The standard InChI is InChI=1S/C20H22N4O4/c1-12-17(21-19(27-12)13-5-7-15(25-2)8-6-13)20-22-18(23-28-20)16-10-24-9-3-4-14(24)11-26-16/h5-8,14,16H,3-4,9-11H2,1-2H3. The predicted octanol–water partition coefficient (Wildman–Crippen LogP) is 3.24. The summed E-state index contributed by atoms with van der Waals surface area (Å²) < 4.78 is 22.5. The molecule has 2 aliphatic heterocycles. The Hall–Kier alpha value is -2.71. The molecule has 2 fully saturated rings. The van der Waals surface area contributed by atoms with Gasteiger partial charge in [0.1, 0.15) is 17.6 Å². The summed E-state index contributed by atoms with van der Waals surface area (Å²) in [5.74, 6) is 2.83. The molecule has 2 saturated heterocycles. The van der Waals surface area contributed by atoms with E-state index in [-0.39, 0.29) is 6.10 Å². The van der Waals surface area contributed by atoms with Crippen molar-refractivity contribution in [1.82, 2.24) is 20.0 Å². The maximum absolute atomic E-state index is 5.97. The molecule has 0 spiro atoms. The number of morpholine rings is 1. The number of hydrogen-bond donors (Lipinski definition) is 0. The van der Waals surface area contributed by atoms with Crippen molar-refractivity contribution in [3.05, 3.63) is 35.9 Å². The fraction of sp³-hybridized carbons (Fsp3) is 0.450. The van der Waals surface area contributed by atoms with Crippen molar-refractivity contribution in [2.45, 2.75) is 31.9 Å². The zero-order valence-corrected chi connectivity index (χ0v) is 15.9. The van der Waals surface area contributed by atoms with Gasteiger partial charge in [0.25, 0.3) is 5.89 Å². The molecule has 1 aromatic carbocycles. The first-order valence-electron chi connectivity index (χ1n) is 9.53. The molecule has 2 unspecified atom stereocenters. The van der Waals surface area contributed by atoms with Crippen molar-refractivity contribution >= 4 is 0 Å². The number of oxazole rings is 1. The summed E-state index contributed by atoms with van der Waals surface area (Å²) in [5.41, 5.74) is 1.41. The highest BCUT2D eigenvalue weighted by Crippen LogP contribution is 2.32. The minimum Gasteiger partial charge on any atom is -0.497 e. The van der Waals surface area contributed by atoms with Gasteiger partial charge in [-0.05, 0) is 50.6 Å². The topological polar surface area (TPSA) is 86.7 Å². The minimum absolute atomic E-state index is 0.167. The summed E-state index contributed by atoms with van der Waals surface area (Å²) >= 11 is 0. The van der Waals surface area contributed by atoms with E-state index >= 15 is 0 Å². The number of methoxy groups -OCH3 is 1. The number of benzene rings is 1. The number of aromatic nitrogens is 3. The van der Waals surface area contributed by atoms with Gasteiger partial charge in [-0.25, -0.2) is 4.98 Å². The van der Waals surface area contributed by atoms with Crippen LogP contribution in [0.3, 0.4) is 0 Å². The van der Waals surface area contributed by atoms with Crippen LogP contribution >= 0.6 is 0 Å². The van der Waals surface area contributed by atoms with Crippen LogP contribution in [-0.2, 0) is 4.74 Å². The summed E-state index contributed by atoms with van der Waals surface area (Å²) in [7, 11) is 1.63. The molecule has 0 radical (unpaired) electrons. The van der Waals surface area contributed by atoms with E-state index < -0.39 is 0 Å². The zero-order chi connectivity index (χ0) is 19.1. The van der Waals surface area contributed by atoms with Crippen molar-refractivity contribution in [3.63, 3.8) is 0 Å². The molecule has 28 heavy (non-hydrogen) atoms. The van der Waals surface area contributed by atoms with E-state index in [2.05, 4.69) is 20.0 Å². The Kier molecular flexibility index (Phi) is 4.37. The van der Waals surface area contributed by atoms with Gasteiger partial charge < -0.3 is 18.4 Å². The molecule has 0 amide bonds. The van der Waals surface area contributed by atoms with Crippen LogP contribution in [-0.4, -0.2) is 52.9 Å². The third-order valence-electron chi connectivity index (χ3n) is 5.46. The molecule has 2 aliphatic rings. The van der Waals surface area contributed by atoms with E-state index in [1.54, 1.807) is 7.11 Å². The Morgan fingerprint density at radius 3 is 2.82 bits per heavy atom. The first kappa shape index (κ1) is 17.4. The SMILES string of the molecule is COc1ccc(-c2nc(-c3nc(C4CN5CCCC5CO4)no3)c(C)o2)cc1. The molecule has 5 rings (SSSR count). The number of hydrogen-bond acceptors (Lipinski definition) is 8. The molecular weight excluding hydrogens is 360 g/mol. The molecule has 2 aromatic heterocycles. The van der Waals surface area contributed by atoms with E-state index in [4.69, 9.17) is 18.4 Å². The Labute approximate surface area is 162 Å². The van der Waals surface area contributed by atoms with Crippen molar-refractivity contribution in [1.29, 1.82) is 0 Å². The lowest BCUT2D eigenvalue weighted by Gasteiger charge is -2.33. The third kappa shape index (κ3) is 3.08. The highest BCUT2D eigenvalue weighted by molar-refractivity contribution is 5.60. The van der Waals surface area contributed by atoms with Gasteiger partial charge in [-0.2, -0.15) is 4.98 Å². The summed E-state index contributed by atoms with van der Waals surface area (Å²) in [6.07, 6.45) is 2.26. The van der Waals surface area contributed by atoms with Crippen molar-refractivity contribution in [3.8, 4) is 28.8 Å². The van der Waals surface area contributed by atoms with Gasteiger partial charge in [0.2, 0.25) is 11.7 Å². The zero-order valence-electron chi connectivity index (χ0n) is 15.9. The van der Waals surface area contributed by atoms with Gasteiger partial charge in [-0.1, -0.05) is 5.16 Å². The lowest BCUT2D eigenvalue weighted by atomic mass is 10.2. The van der Waals surface area contributed by atoms with Crippen molar-refractivity contribution < 1.29 is 18.4 Å². The fourth-order valence-electron chi connectivity index (χ4n) is 3.89. The molecule has 2 atom stereocenters. The molecule has 8 heteroatoms. The molecule has 0 bridgehead atoms. The Balaban J connectivity index is 1.37. The largest absolute Gasteiger partial charge is 0.497 e. The minimum atomic E-state index is -0.167. The maximum atomic E-state index is 5.97. The molecular formula is C20H22N4O4. The van der Waals surface area contributed by atoms with Crippen molar-refractivity contribution in [2.75, 3.05) is 26.8 Å². The summed E-state index contributed by atoms with van der Waals surface area (Å²) in [5, 5.41) is 4.14. The van der Waals surface area contributed by atoms with Crippen LogP contribution < -0.4 is 4.74 Å². The molecule has 8 nitrogen and oxygen atoms in total. The Bertz CT molecular complexity index is 965. The monoisotopic (exact) mass is 382 g/mol. The summed E-state index contributed by atoms with van der Waals surface area (Å²) in [6, 6.07) is 8.06. The second kappa shape index (κ2) is 7.03. The van der Waals surface area contributed by atoms with E-state index in [1.165, 1.54) is 12.8 Å². The molecule has 0 N–H and O–H groups in total. The predicted molar refractivity (Wildman–Crippen MR) is 99.8 cm³/mol. The molecule has 146 valence electrons. The lowest BCUT2D eigenvalue weighted by Crippen LogP contribution is -2.42. The van der Waals surface area contributed by atoms with Crippen LogP contribution in [0.1, 0.15) is 30.5 Å². The number of fused-ring (bicyclic) bond motifs is 1. The summed E-state index contributed by atoms with van der Waals surface area (Å²) in [6.45, 7) is 4.48. The molecule has 0 aliphatic carbocycles. The smallest absolute Gasteiger partial charge is 0.280 e. The average molecular weight is 382 g/mol. The van der Waals surface area contributed by atoms with Gasteiger partial charge in [-0.15, -0.1) is 0 Å². The van der Waals surface area contributed by atoms with Crippen LogP contribution in [0.5, 0.6) is 5.75 Å². The van der Waals surface area contributed by atoms with Crippen LogP contribution in [0.15, 0.2) is 33.2 Å². The van der Waals surface area contributed by atoms with Gasteiger partial charge in [0.05, 0.1) is 13.7 Å².